The first-order valence-corrected chi connectivity index (χ1v) is 4.96. The van der Waals surface area contributed by atoms with Crippen LogP contribution in [0, 0.1) is 27.6 Å². The van der Waals surface area contributed by atoms with Gasteiger partial charge in [0.15, 0.2) is 17.5 Å². The fourth-order valence-corrected chi connectivity index (χ4v) is 1.44. The van der Waals surface area contributed by atoms with Crippen LogP contribution in [-0.2, 0) is 6.05 Å². The Morgan fingerprint density at radius 2 is 1.85 bits per heavy atom. The molecule has 2 aromatic rings. The average Bonchev–Trinajstić information content (AvgIpc) is 2.86. The molecule has 10 heteroatoms. The van der Waals surface area contributed by atoms with Crippen molar-refractivity contribution in [2.75, 3.05) is 0 Å². The van der Waals surface area contributed by atoms with Crippen LogP contribution in [0.4, 0.5) is 27.6 Å². The highest BCUT2D eigenvalue weighted by molar-refractivity contribution is 5.27. The van der Waals surface area contributed by atoms with Gasteiger partial charge in [0.2, 0.25) is 0 Å². The topological polar surface area (TPSA) is 61.0 Å². The quantitative estimate of drug-likeness (QED) is 0.378. The van der Waals surface area contributed by atoms with Gasteiger partial charge in [-0.05, 0) is 12.1 Å². The zero-order valence-electron chi connectivity index (χ0n) is 9.36. The van der Waals surface area contributed by atoms with E-state index < -0.39 is 39.7 Å². The van der Waals surface area contributed by atoms with Crippen molar-refractivity contribution < 1.29 is 26.9 Å². The molecule has 0 aliphatic rings. The van der Waals surface area contributed by atoms with Gasteiger partial charge in [0.1, 0.15) is 12.4 Å². The summed E-state index contributed by atoms with van der Waals surface area (Å²) in [5.41, 5.74) is -2.25. The van der Waals surface area contributed by atoms with Gasteiger partial charge in [-0.2, -0.15) is 18.6 Å². The van der Waals surface area contributed by atoms with Crippen molar-refractivity contribution in [2.45, 2.75) is 6.05 Å². The molecular formula is C10H4F5N3O2. The first-order chi connectivity index (χ1) is 9.25. The molecule has 0 aliphatic heterocycles. The smallest absolute Gasteiger partial charge is 0.258 e. The van der Waals surface area contributed by atoms with Crippen LogP contribution < -0.4 is 0 Å². The molecule has 0 bridgehead atoms. The molecule has 20 heavy (non-hydrogen) atoms. The highest BCUT2D eigenvalue weighted by Gasteiger charge is 2.40. The lowest BCUT2D eigenvalue weighted by Crippen LogP contribution is -2.27. The molecule has 0 amide bonds. The number of rotatable bonds is 3. The molecule has 0 radical (unpaired) electrons. The normalized spacial score (nSPS) is 11.7. The van der Waals surface area contributed by atoms with Crippen molar-refractivity contribution in [1.29, 1.82) is 0 Å². The standard InChI is InChI=1S/C10H4F5N3O2/c11-7-2-1-6(8(12)9(7)13)10(14,15)17-4-5(3-16-17)18(19)20/h1-4H. The summed E-state index contributed by atoms with van der Waals surface area (Å²) in [5.74, 6) is -5.79. The van der Waals surface area contributed by atoms with Crippen LogP contribution >= 0.6 is 0 Å². The van der Waals surface area contributed by atoms with Crippen molar-refractivity contribution in [3.05, 3.63) is 57.7 Å². The summed E-state index contributed by atoms with van der Waals surface area (Å²) in [6.07, 6.45) is 0.867. The zero-order chi connectivity index (χ0) is 15.1. The van der Waals surface area contributed by atoms with Crippen molar-refractivity contribution in [3.8, 4) is 0 Å². The SMILES string of the molecule is O=[N+]([O-])c1cnn(C(F)(F)c2ccc(F)c(F)c2F)c1. The Kier molecular flexibility index (Phi) is 3.16. The van der Waals surface area contributed by atoms with Crippen LogP contribution in [0.2, 0.25) is 0 Å². The van der Waals surface area contributed by atoms with Crippen LogP contribution in [0.5, 0.6) is 0 Å². The molecule has 2 rings (SSSR count). The first kappa shape index (κ1) is 13.9. The van der Waals surface area contributed by atoms with E-state index in [1.165, 1.54) is 0 Å². The van der Waals surface area contributed by atoms with Gasteiger partial charge in [0, 0.05) is 0 Å². The maximum absolute atomic E-state index is 13.9. The Hall–Kier alpha value is -2.52. The molecule has 5 nitrogen and oxygen atoms in total. The number of benzene rings is 1. The molecule has 0 aliphatic carbocycles. The van der Waals surface area contributed by atoms with Crippen LogP contribution in [0.1, 0.15) is 5.56 Å². The van der Waals surface area contributed by atoms with Gasteiger partial charge in [-0.25, -0.2) is 13.2 Å². The van der Waals surface area contributed by atoms with E-state index in [1.807, 2.05) is 0 Å². The third kappa shape index (κ3) is 2.08. The summed E-state index contributed by atoms with van der Waals surface area (Å²) in [6, 6.07) is -3.56. The number of alkyl halides is 2. The lowest BCUT2D eigenvalue weighted by molar-refractivity contribution is -0.385. The summed E-state index contributed by atoms with van der Waals surface area (Å²) >= 11 is 0. The van der Waals surface area contributed by atoms with Crippen molar-refractivity contribution in [1.82, 2.24) is 9.78 Å². The van der Waals surface area contributed by atoms with E-state index >= 15 is 0 Å². The maximum atomic E-state index is 13.9. The van der Waals surface area contributed by atoms with E-state index in [4.69, 9.17) is 0 Å². The minimum absolute atomic E-state index is 0.207. The molecule has 1 aromatic carbocycles. The molecule has 0 N–H and O–H groups in total. The summed E-state index contributed by atoms with van der Waals surface area (Å²) in [7, 11) is 0. The van der Waals surface area contributed by atoms with Crippen LogP contribution in [0.3, 0.4) is 0 Å². The van der Waals surface area contributed by atoms with Gasteiger partial charge >= 0.3 is 11.7 Å². The van der Waals surface area contributed by atoms with Gasteiger partial charge in [-0.15, -0.1) is 0 Å². The van der Waals surface area contributed by atoms with Crippen molar-refractivity contribution in [3.63, 3.8) is 0 Å². The molecule has 0 saturated carbocycles. The predicted octanol–water partition coefficient (Wildman–Crippen LogP) is 2.81. The molecule has 0 spiro atoms. The summed E-state index contributed by atoms with van der Waals surface area (Å²) in [5, 5.41) is 13.4. The molecule has 0 atom stereocenters. The third-order valence-electron chi connectivity index (χ3n) is 2.43. The van der Waals surface area contributed by atoms with E-state index in [0.717, 1.165) is 0 Å². The number of halogens is 5. The highest BCUT2D eigenvalue weighted by atomic mass is 19.3. The fourth-order valence-electron chi connectivity index (χ4n) is 1.44. The minimum Gasteiger partial charge on any atom is -0.258 e. The minimum atomic E-state index is -4.22. The number of hydrogen-bond acceptors (Lipinski definition) is 3. The number of hydrogen-bond donors (Lipinski definition) is 0. The monoisotopic (exact) mass is 293 g/mol. The second kappa shape index (κ2) is 4.54. The lowest BCUT2D eigenvalue weighted by Gasteiger charge is -2.17. The first-order valence-electron chi connectivity index (χ1n) is 4.96. The van der Waals surface area contributed by atoms with Crippen molar-refractivity contribution in [2.24, 2.45) is 0 Å². The Morgan fingerprint density at radius 3 is 2.40 bits per heavy atom. The molecule has 1 heterocycles. The van der Waals surface area contributed by atoms with Crippen LogP contribution in [-0.4, -0.2) is 14.7 Å². The fraction of sp³-hybridized carbons (Fsp3) is 0.100. The molecule has 1 aromatic heterocycles. The van der Waals surface area contributed by atoms with Crippen LogP contribution in [0.25, 0.3) is 0 Å². The Bertz CT molecular complexity index is 686. The maximum Gasteiger partial charge on any atom is 0.373 e. The molecular weight excluding hydrogens is 289 g/mol. The average molecular weight is 293 g/mol. The number of nitrogens with zero attached hydrogens (tertiary/aromatic N) is 3. The van der Waals surface area contributed by atoms with Gasteiger partial charge in [-0.1, -0.05) is 0 Å². The lowest BCUT2D eigenvalue weighted by atomic mass is 10.1. The van der Waals surface area contributed by atoms with Crippen molar-refractivity contribution >= 4 is 5.69 Å². The zero-order valence-corrected chi connectivity index (χ0v) is 9.36. The third-order valence-corrected chi connectivity index (χ3v) is 2.43. The Labute approximate surface area is 107 Å². The Balaban J connectivity index is 2.54. The highest BCUT2D eigenvalue weighted by Crippen LogP contribution is 2.33. The van der Waals surface area contributed by atoms with E-state index in [-0.39, 0.29) is 4.68 Å². The van der Waals surface area contributed by atoms with E-state index in [1.54, 1.807) is 0 Å². The van der Waals surface area contributed by atoms with E-state index in [2.05, 4.69) is 5.10 Å². The molecule has 0 fully saturated rings. The van der Waals surface area contributed by atoms with E-state index in [0.29, 0.717) is 24.5 Å². The number of nitro groups is 1. The Morgan fingerprint density at radius 1 is 1.20 bits per heavy atom. The summed E-state index contributed by atoms with van der Waals surface area (Å²) in [4.78, 5) is 9.38. The van der Waals surface area contributed by atoms with Gasteiger partial charge in [-0.3, -0.25) is 10.1 Å². The molecule has 0 saturated heterocycles. The van der Waals surface area contributed by atoms with Gasteiger partial charge < -0.3 is 0 Å². The second-order valence-electron chi connectivity index (χ2n) is 3.66. The molecule has 0 unspecified atom stereocenters. The van der Waals surface area contributed by atoms with Gasteiger partial charge in [0.25, 0.3) is 0 Å². The summed E-state index contributed by atoms with van der Waals surface area (Å²) in [6.45, 7) is 0. The van der Waals surface area contributed by atoms with E-state index in [9.17, 15) is 32.1 Å². The second-order valence-corrected chi connectivity index (χ2v) is 3.66. The van der Waals surface area contributed by atoms with Crippen LogP contribution in [0.15, 0.2) is 24.5 Å². The largest absolute Gasteiger partial charge is 0.373 e. The van der Waals surface area contributed by atoms with Gasteiger partial charge in [0.05, 0.1) is 10.5 Å². The number of aromatic nitrogens is 2. The predicted molar refractivity (Wildman–Crippen MR) is 54.5 cm³/mol. The molecule has 106 valence electrons. The summed E-state index contributed by atoms with van der Waals surface area (Å²) < 4.78 is 66.5.